The summed E-state index contributed by atoms with van der Waals surface area (Å²) in [5.41, 5.74) is 2.59. The molecule has 19 heavy (non-hydrogen) atoms. The van der Waals surface area contributed by atoms with Crippen LogP contribution >= 0.6 is 51.6 Å². The quantitative estimate of drug-likeness (QED) is 0.344. The lowest BCUT2D eigenvalue weighted by Crippen LogP contribution is -1.90. The minimum absolute atomic E-state index is 0.180. The van der Waals surface area contributed by atoms with Crippen molar-refractivity contribution in [2.24, 2.45) is 0 Å². The Morgan fingerprint density at radius 3 is 2.84 bits per heavy atom. The predicted molar refractivity (Wildman–Crippen MR) is 88.5 cm³/mol. The first-order valence-electron chi connectivity index (χ1n) is 5.22. The number of rotatable bonds is 2. The molecule has 8 heteroatoms. The molecule has 0 aliphatic carbocycles. The fourth-order valence-electron chi connectivity index (χ4n) is 1.86. The Hall–Kier alpha value is -0.490. The van der Waals surface area contributed by atoms with Gasteiger partial charge in [0.15, 0.2) is 0 Å². The molecule has 2 aromatic heterocycles. The van der Waals surface area contributed by atoms with E-state index < -0.39 is 0 Å². The summed E-state index contributed by atoms with van der Waals surface area (Å²) in [6.07, 6.45) is 3.87. The maximum absolute atomic E-state index is 6.16. The Kier molecular flexibility index (Phi) is 3.89. The summed E-state index contributed by atoms with van der Waals surface area (Å²) in [7, 11) is 0. The number of hydrogen-bond acceptors (Lipinski definition) is 3. The second-order valence-corrected chi connectivity index (χ2v) is 6.50. The van der Waals surface area contributed by atoms with Gasteiger partial charge in [-0.05, 0) is 39.7 Å². The van der Waals surface area contributed by atoms with E-state index in [-0.39, 0.29) is 5.28 Å². The Bertz CT molecular complexity index is 762. The number of hydrogen-bond donors (Lipinski definition) is 0. The van der Waals surface area contributed by atoms with Crippen molar-refractivity contribution in [1.82, 2.24) is 19.5 Å². The number of fused-ring (bicyclic) bond motifs is 1. The lowest BCUT2D eigenvalue weighted by atomic mass is 10.1. The summed E-state index contributed by atoms with van der Waals surface area (Å²) in [5.74, 6) is 0. The van der Waals surface area contributed by atoms with Gasteiger partial charge in [0.05, 0.1) is 35.0 Å². The Labute approximate surface area is 133 Å². The van der Waals surface area contributed by atoms with Gasteiger partial charge in [-0.25, -0.2) is 14.4 Å². The molecule has 0 radical (unpaired) electrons. The molecule has 1 aromatic carbocycles. The third kappa shape index (κ3) is 2.44. The Morgan fingerprint density at radius 1 is 1.21 bits per heavy atom. The summed E-state index contributed by atoms with van der Waals surface area (Å²) in [6.45, 7) is 0. The molecular formula is C11H6Cl2IN4P. The van der Waals surface area contributed by atoms with Gasteiger partial charge in [-0.2, -0.15) is 5.10 Å². The van der Waals surface area contributed by atoms with Crippen molar-refractivity contribution in [3.8, 4) is 11.3 Å². The third-order valence-corrected chi connectivity index (χ3v) is 5.01. The van der Waals surface area contributed by atoms with E-state index in [0.717, 1.165) is 16.5 Å². The minimum atomic E-state index is 0.180. The van der Waals surface area contributed by atoms with Crippen molar-refractivity contribution in [1.29, 1.82) is 0 Å². The lowest BCUT2D eigenvalue weighted by molar-refractivity contribution is 1.04. The van der Waals surface area contributed by atoms with Crippen LogP contribution in [0.15, 0.2) is 30.6 Å². The van der Waals surface area contributed by atoms with Crippen LogP contribution in [0.4, 0.5) is 0 Å². The molecule has 96 valence electrons. The van der Waals surface area contributed by atoms with Crippen LogP contribution < -0.4 is 0 Å². The molecule has 0 aliphatic rings. The molecule has 0 fully saturated rings. The molecule has 0 saturated heterocycles. The molecule has 0 bridgehead atoms. The topological polar surface area (TPSA) is 43.6 Å². The molecule has 0 aliphatic heterocycles. The first-order valence-corrected chi connectivity index (χ1v) is 10.0. The van der Waals surface area contributed by atoms with E-state index in [0.29, 0.717) is 17.1 Å². The van der Waals surface area contributed by atoms with Gasteiger partial charge in [0.1, 0.15) is 0 Å². The monoisotopic (exact) mass is 422 g/mol. The van der Waals surface area contributed by atoms with E-state index in [1.165, 1.54) is 6.20 Å². The van der Waals surface area contributed by atoms with E-state index in [9.17, 15) is 0 Å². The summed E-state index contributed by atoms with van der Waals surface area (Å²) >= 11 is 14.3. The molecule has 0 saturated carbocycles. The summed E-state index contributed by atoms with van der Waals surface area (Å²) in [4.78, 5) is 8.08. The first kappa shape index (κ1) is 13.5. The number of nitrogens with zero attached hydrogens (tertiary/aromatic N) is 4. The smallest absolute Gasteiger partial charge is 0.222 e. The van der Waals surface area contributed by atoms with Gasteiger partial charge in [0, 0.05) is 10.9 Å². The van der Waals surface area contributed by atoms with Crippen molar-refractivity contribution in [2.75, 3.05) is 0 Å². The van der Waals surface area contributed by atoms with Crippen LogP contribution in [0.25, 0.3) is 22.2 Å². The number of aromatic nitrogens is 4. The second-order valence-electron chi connectivity index (χ2n) is 3.71. The molecule has 0 N–H and O–H groups in total. The molecule has 1 atom stereocenters. The molecule has 0 amide bonds. The van der Waals surface area contributed by atoms with Crippen molar-refractivity contribution in [3.63, 3.8) is 0 Å². The van der Waals surface area contributed by atoms with E-state index in [1.807, 2.05) is 28.8 Å². The first-order chi connectivity index (χ1) is 9.20. The zero-order valence-electron chi connectivity index (χ0n) is 9.31. The highest BCUT2D eigenvalue weighted by atomic mass is 127. The molecule has 4 nitrogen and oxygen atoms in total. The van der Waals surface area contributed by atoms with Crippen LogP contribution in [0.5, 0.6) is 0 Å². The van der Waals surface area contributed by atoms with Gasteiger partial charge in [0.25, 0.3) is 0 Å². The SMILES string of the molecule is Clc1ncc(Cl)c(-c2cccc3c2cnn3PI)n1. The highest BCUT2D eigenvalue weighted by Crippen LogP contribution is 2.35. The zero-order valence-corrected chi connectivity index (χ0v) is 14.0. The van der Waals surface area contributed by atoms with Crippen molar-refractivity contribution < 1.29 is 0 Å². The minimum Gasteiger partial charge on any atom is -0.237 e. The molecule has 1 unspecified atom stereocenters. The van der Waals surface area contributed by atoms with Crippen LogP contribution in [0.2, 0.25) is 10.3 Å². The van der Waals surface area contributed by atoms with E-state index in [2.05, 4.69) is 37.1 Å². The standard InChI is InChI=1S/C11H6Cl2IN4P/c12-8-5-15-11(13)17-10(8)6-2-1-3-9-7(6)4-16-18(9)19-14/h1-5,19H. The predicted octanol–water partition coefficient (Wildman–Crippen LogP) is 4.59. The summed E-state index contributed by atoms with van der Waals surface area (Å²) in [5, 5.41) is 6.01. The van der Waals surface area contributed by atoms with E-state index in [4.69, 9.17) is 23.2 Å². The maximum Gasteiger partial charge on any atom is 0.222 e. The average molecular weight is 423 g/mol. The van der Waals surface area contributed by atoms with Gasteiger partial charge in [0.2, 0.25) is 5.28 Å². The second kappa shape index (κ2) is 5.48. The zero-order chi connectivity index (χ0) is 13.4. The Morgan fingerprint density at radius 2 is 2.05 bits per heavy atom. The molecule has 3 aromatic rings. The highest BCUT2D eigenvalue weighted by Gasteiger charge is 2.13. The van der Waals surface area contributed by atoms with Gasteiger partial charge in [-0.1, -0.05) is 23.7 Å². The highest BCUT2D eigenvalue weighted by molar-refractivity contribution is 14.2. The fraction of sp³-hybridized carbons (Fsp3) is 0. The van der Waals surface area contributed by atoms with Crippen LogP contribution in [0.1, 0.15) is 0 Å². The van der Waals surface area contributed by atoms with Gasteiger partial charge in [-0.3, -0.25) is 0 Å². The molecule has 3 rings (SSSR count). The van der Waals surface area contributed by atoms with E-state index in [1.54, 1.807) is 0 Å². The fourth-order valence-corrected chi connectivity index (χ4v) is 3.73. The Balaban J connectivity index is 2.31. The molecular weight excluding hydrogens is 417 g/mol. The van der Waals surface area contributed by atoms with Crippen LogP contribution in [0, 0.1) is 0 Å². The average Bonchev–Trinajstić information content (AvgIpc) is 2.84. The molecule has 0 spiro atoms. The van der Waals surface area contributed by atoms with Gasteiger partial charge < -0.3 is 0 Å². The van der Waals surface area contributed by atoms with E-state index >= 15 is 0 Å². The van der Waals surface area contributed by atoms with Crippen LogP contribution in [-0.2, 0) is 0 Å². The van der Waals surface area contributed by atoms with Crippen molar-refractivity contribution in [3.05, 3.63) is 40.9 Å². The van der Waals surface area contributed by atoms with Crippen molar-refractivity contribution in [2.45, 2.75) is 0 Å². The third-order valence-electron chi connectivity index (χ3n) is 2.66. The largest absolute Gasteiger partial charge is 0.237 e. The lowest BCUT2D eigenvalue weighted by Gasteiger charge is -2.05. The molecule has 2 heterocycles. The summed E-state index contributed by atoms with van der Waals surface area (Å²) < 4.78 is 1.94. The number of benzene rings is 1. The van der Waals surface area contributed by atoms with Crippen LogP contribution in [0.3, 0.4) is 0 Å². The van der Waals surface area contributed by atoms with Crippen molar-refractivity contribution >= 4 is 62.5 Å². The van der Waals surface area contributed by atoms with Gasteiger partial charge >= 0.3 is 0 Å². The van der Waals surface area contributed by atoms with Crippen LogP contribution in [-0.4, -0.2) is 19.5 Å². The number of halogens is 3. The summed E-state index contributed by atoms with van der Waals surface area (Å²) in [6, 6.07) is 5.93. The maximum atomic E-state index is 6.16. The normalized spacial score (nSPS) is 11.7. The van der Waals surface area contributed by atoms with Gasteiger partial charge in [-0.15, -0.1) is 0 Å².